The van der Waals surface area contributed by atoms with Crippen LogP contribution >= 0.6 is 0 Å². The van der Waals surface area contributed by atoms with Crippen LogP contribution in [0.25, 0.3) is 5.57 Å². The summed E-state index contributed by atoms with van der Waals surface area (Å²) in [6.45, 7) is 9.00. The first-order chi connectivity index (χ1) is 17.2. The number of piperidine rings is 1. The number of hydrogen-bond acceptors (Lipinski definition) is 7. The zero-order valence-corrected chi connectivity index (χ0v) is 21.8. The van der Waals surface area contributed by atoms with Crippen LogP contribution in [0.5, 0.6) is 5.75 Å². The lowest BCUT2D eigenvalue weighted by molar-refractivity contribution is -0.150. The minimum atomic E-state index is -0.882. The number of amides is 1. The monoisotopic (exact) mass is 494 g/mol. The van der Waals surface area contributed by atoms with Crippen LogP contribution in [0.15, 0.2) is 42.2 Å². The molecule has 1 fully saturated rings. The molecular formula is C28H34N2O6. The molecule has 8 nitrogen and oxygen atoms in total. The lowest BCUT2D eigenvalue weighted by Crippen LogP contribution is -2.55. The Morgan fingerprint density at radius 1 is 1.00 bits per heavy atom. The molecule has 8 heteroatoms. The standard InChI is InChI=1S/C28H34N2O6/c1-7-35-27(32)36-25-24(23-19(3)16-18(2)17-20(23)4)26(31)30(21-8-10-22(33-5)11-9-21)28(25)12-14-29(34-6)15-13-28/h8-11,16-17H,7,12-15H2,1-6H3. The molecule has 0 unspecified atom stereocenters. The average molecular weight is 495 g/mol. The van der Waals surface area contributed by atoms with E-state index in [1.165, 1.54) is 0 Å². The van der Waals surface area contributed by atoms with Gasteiger partial charge in [-0.25, -0.2) is 4.79 Å². The maximum absolute atomic E-state index is 14.4. The number of ether oxygens (including phenoxy) is 3. The summed E-state index contributed by atoms with van der Waals surface area (Å²) < 4.78 is 16.5. The molecule has 36 heavy (non-hydrogen) atoms. The molecule has 192 valence electrons. The molecule has 1 saturated heterocycles. The van der Waals surface area contributed by atoms with Crippen LogP contribution in [-0.4, -0.2) is 56.6 Å². The lowest BCUT2D eigenvalue weighted by atomic mass is 9.83. The van der Waals surface area contributed by atoms with Crippen molar-refractivity contribution in [2.45, 2.75) is 46.1 Å². The van der Waals surface area contributed by atoms with Gasteiger partial charge in [0.25, 0.3) is 5.91 Å². The van der Waals surface area contributed by atoms with E-state index >= 15 is 0 Å². The van der Waals surface area contributed by atoms with Gasteiger partial charge in [0.15, 0.2) is 5.76 Å². The molecule has 1 spiro atoms. The number of benzene rings is 2. The quantitative estimate of drug-likeness (QED) is 0.526. The lowest BCUT2D eigenvalue weighted by Gasteiger charge is -2.44. The molecule has 0 N–H and O–H groups in total. The molecule has 2 aliphatic heterocycles. The molecule has 0 bridgehead atoms. The van der Waals surface area contributed by atoms with Gasteiger partial charge in [0.05, 0.1) is 26.4 Å². The maximum atomic E-state index is 14.4. The summed E-state index contributed by atoms with van der Waals surface area (Å²) in [5.74, 6) is 0.822. The summed E-state index contributed by atoms with van der Waals surface area (Å²) in [4.78, 5) is 34.4. The number of hydrogen-bond donors (Lipinski definition) is 0. The SMILES string of the molecule is CCOC(=O)OC1=C(c2c(C)cc(C)cc2C)C(=O)N(c2ccc(OC)cc2)C12CCN(OC)CC2. The highest BCUT2D eigenvalue weighted by atomic mass is 16.7. The molecule has 2 aliphatic rings. The summed E-state index contributed by atoms with van der Waals surface area (Å²) in [6.07, 6.45) is 0.215. The van der Waals surface area contributed by atoms with Crippen molar-refractivity contribution in [3.05, 3.63) is 64.4 Å². The summed E-state index contributed by atoms with van der Waals surface area (Å²) in [5.41, 5.74) is 4.00. The van der Waals surface area contributed by atoms with E-state index in [9.17, 15) is 9.59 Å². The Labute approximate surface area is 212 Å². The van der Waals surface area contributed by atoms with E-state index in [1.54, 1.807) is 26.0 Å². The van der Waals surface area contributed by atoms with E-state index in [2.05, 4.69) is 0 Å². The molecule has 0 radical (unpaired) electrons. The Kier molecular flexibility index (Phi) is 7.38. The topological polar surface area (TPSA) is 77.5 Å². The summed E-state index contributed by atoms with van der Waals surface area (Å²) >= 11 is 0. The number of nitrogens with zero attached hydrogens (tertiary/aromatic N) is 2. The molecular weight excluding hydrogens is 460 g/mol. The molecule has 4 rings (SSSR count). The van der Waals surface area contributed by atoms with Crippen molar-refractivity contribution >= 4 is 23.3 Å². The van der Waals surface area contributed by atoms with Crippen LogP contribution in [-0.2, 0) is 19.1 Å². The molecule has 0 aromatic heterocycles. The Morgan fingerprint density at radius 3 is 2.14 bits per heavy atom. The fraction of sp³-hybridized carbons (Fsp3) is 0.429. The number of methoxy groups -OCH3 is 1. The highest BCUT2D eigenvalue weighted by Crippen LogP contribution is 2.50. The normalized spacial score (nSPS) is 17.6. The number of carbonyl (C=O) groups is 2. The minimum Gasteiger partial charge on any atom is -0.497 e. The van der Waals surface area contributed by atoms with Crippen molar-refractivity contribution in [2.24, 2.45) is 0 Å². The van der Waals surface area contributed by atoms with Gasteiger partial charge >= 0.3 is 6.16 Å². The largest absolute Gasteiger partial charge is 0.513 e. The first-order valence-electron chi connectivity index (χ1n) is 12.2. The van der Waals surface area contributed by atoms with E-state index in [4.69, 9.17) is 19.0 Å². The molecule has 2 heterocycles. The number of carbonyl (C=O) groups excluding carboxylic acids is 2. The zero-order chi connectivity index (χ0) is 26.0. The van der Waals surface area contributed by atoms with Crippen LogP contribution in [0.3, 0.4) is 0 Å². The molecule has 2 aromatic carbocycles. The molecule has 2 aromatic rings. The fourth-order valence-electron chi connectivity index (χ4n) is 5.49. The predicted molar refractivity (Wildman–Crippen MR) is 137 cm³/mol. The number of hydroxylamine groups is 2. The fourth-order valence-corrected chi connectivity index (χ4v) is 5.49. The van der Waals surface area contributed by atoms with Gasteiger partial charge in [-0.1, -0.05) is 17.7 Å². The van der Waals surface area contributed by atoms with Gasteiger partial charge in [0.1, 0.15) is 11.3 Å². The summed E-state index contributed by atoms with van der Waals surface area (Å²) in [5, 5.41) is 1.85. The van der Waals surface area contributed by atoms with E-state index < -0.39 is 11.7 Å². The second-order valence-corrected chi connectivity index (χ2v) is 9.24. The average Bonchev–Trinajstić information content (AvgIpc) is 3.06. The number of aryl methyl sites for hydroxylation is 3. The highest BCUT2D eigenvalue weighted by molar-refractivity contribution is 6.31. The van der Waals surface area contributed by atoms with Crippen LogP contribution in [0.2, 0.25) is 0 Å². The van der Waals surface area contributed by atoms with Crippen molar-refractivity contribution in [3.63, 3.8) is 0 Å². The first-order valence-corrected chi connectivity index (χ1v) is 12.2. The van der Waals surface area contributed by atoms with Gasteiger partial charge in [-0.3, -0.25) is 9.69 Å². The van der Waals surface area contributed by atoms with Gasteiger partial charge in [0, 0.05) is 18.8 Å². The van der Waals surface area contributed by atoms with Crippen molar-refractivity contribution in [2.75, 3.05) is 38.8 Å². The molecule has 0 atom stereocenters. The van der Waals surface area contributed by atoms with Gasteiger partial charge in [-0.15, -0.1) is 0 Å². The third kappa shape index (κ3) is 4.47. The van der Waals surface area contributed by atoms with Gasteiger partial charge in [0.2, 0.25) is 0 Å². The second kappa shape index (κ2) is 10.3. The smallest absolute Gasteiger partial charge is 0.497 e. The van der Waals surface area contributed by atoms with Gasteiger partial charge in [-0.2, -0.15) is 5.06 Å². The van der Waals surface area contributed by atoms with E-state index in [-0.39, 0.29) is 12.5 Å². The van der Waals surface area contributed by atoms with Crippen LogP contribution in [0.1, 0.15) is 42.0 Å². The Hall–Kier alpha value is -3.36. The summed E-state index contributed by atoms with van der Waals surface area (Å²) in [6, 6.07) is 11.5. The molecule has 0 aliphatic carbocycles. The maximum Gasteiger partial charge on any atom is 0.513 e. The number of rotatable bonds is 6. The molecule has 0 saturated carbocycles. The first kappa shape index (κ1) is 25.7. The van der Waals surface area contributed by atoms with Crippen molar-refractivity contribution in [1.82, 2.24) is 5.06 Å². The van der Waals surface area contributed by atoms with Crippen molar-refractivity contribution in [3.8, 4) is 5.75 Å². The Bertz CT molecular complexity index is 1160. The third-order valence-corrected chi connectivity index (χ3v) is 7.01. The van der Waals surface area contributed by atoms with E-state index in [1.807, 2.05) is 62.2 Å². The van der Waals surface area contributed by atoms with Crippen molar-refractivity contribution < 1.29 is 28.6 Å². The minimum absolute atomic E-state index is 0.171. The van der Waals surface area contributed by atoms with E-state index in [0.29, 0.717) is 48.7 Å². The third-order valence-electron chi connectivity index (χ3n) is 7.01. The van der Waals surface area contributed by atoms with Gasteiger partial charge in [-0.05, 0) is 81.5 Å². The predicted octanol–water partition coefficient (Wildman–Crippen LogP) is 4.95. The molecule has 1 amide bonds. The van der Waals surface area contributed by atoms with Crippen molar-refractivity contribution in [1.29, 1.82) is 0 Å². The second-order valence-electron chi connectivity index (χ2n) is 9.24. The van der Waals surface area contributed by atoms with E-state index in [0.717, 1.165) is 22.3 Å². The van der Waals surface area contributed by atoms with Crippen LogP contribution < -0.4 is 9.64 Å². The number of anilines is 1. The highest BCUT2D eigenvalue weighted by Gasteiger charge is 2.56. The van der Waals surface area contributed by atoms with Gasteiger partial charge < -0.3 is 19.0 Å². The summed E-state index contributed by atoms with van der Waals surface area (Å²) in [7, 11) is 3.24. The zero-order valence-electron chi connectivity index (χ0n) is 21.8. The van der Waals surface area contributed by atoms with Crippen LogP contribution in [0.4, 0.5) is 10.5 Å². The Morgan fingerprint density at radius 2 is 1.61 bits per heavy atom. The Balaban J connectivity index is 1.96. The van der Waals surface area contributed by atoms with Crippen LogP contribution in [0, 0.1) is 20.8 Å².